The molecule has 90 valence electrons. The first-order valence-corrected chi connectivity index (χ1v) is 7.10. The normalized spacial score (nSPS) is 11.0. The van der Waals surface area contributed by atoms with E-state index in [0.29, 0.717) is 0 Å². The van der Waals surface area contributed by atoms with Crippen molar-refractivity contribution in [1.29, 1.82) is 0 Å². The van der Waals surface area contributed by atoms with E-state index in [0.717, 1.165) is 10.9 Å². The fraction of sp³-hybridized carbons (Fsp3) is 0.133. The van der Waals surface area contributed by atoms with Gasteiger partial charge in [-0.3, -0.25) is 4.57 Å². The quantitative estimate of drug-likeness (QED) is 0.642. The number of hydrogen-bond acceptors (Lipinski definition) is 2. The predicted molar refractivity (Wildman–Crippen MR) is 77.6 cm³/mol. The van der Waals surface area contributed by atoms with E-state index in [-0.39, 0.29) is 0 Å². The Morgan fingerprint density at radius 1 is 1.06 bits per heavy atom. The summed E-state index contributed by atoms with van der Waals surface area (Å²) in [6, 6.07) is 14.8. The highest BCUT2D eigenvalue weighted by atomic mass is 32.2. The Morgan fingerprint density at radius 3 is 2.67 bits per heavy atom. The minimum Gasteiger partial charge on any atom is -0.292 e. The highest BCUT2D eigenvalue weighted by Gasteiger charge is 2.10. The highest BCUT2D eigenvalue weighted by Crippen LogP contribution is 2.27. The number of thioether (sulfide) groups is 1. The summed E-state index contributed by atoms with van der Waals surface area (Å²) >= 11 is 1.67. The predicted octanol–water partition coefficient (Wildman–Crippen LogP) is 4.06. The smallest absolute Gasteiger partial charge is 0.172 e. The maximum atomic E-state index is 4.44. The Bertz CT molecular complexity index is 695. The second-order valence-electron chi connectivity index (χ2n) is 4.22. The molecule has 0 amide bonds. The van der Waals surface area contributed by atoms with Gasteiger partial charge in [-0.05, 0) is 24.6 Å². The van der Waals surface area contributed by atoms with Crippen LogP contribution in [0.5, 0.6) is 0 Å². The van der Waals surface area contributed by atoms with Crippen LogP contribution in [0.1, 0.15) is 5.69 Å². The molecule has 0 aliphatic heterocycles. The van der Waals surface area contributed by atoms with Crippen molar-refractivity contribution in [3.63, 3.8) is 0 Å². The summed E-state index contributed by atoms with van der Waals surface area (Å²) in [5, 5.41) is 3.55. The Labute approximate surface area is 111 Å². The van der Waals surface area contributed by atoms with Crippen LogP contribution in [0.25, 0.3) is 16.5 Å². The number of fused-ring (bicyclic) bond motifs is 1. The monoisotopic (exact) mass is 254 g/mol. The van der Waals surface area contributed by atoms with Crippen LogP contribution in [0.4, 0.5) is 0 Å². The minimum atomic E-state index is 1.03. The molecule has 2 aromatic carbocycles. The molecular formula is C15H14N2S. The van der Waals surface area contributed by atoms with Crippen LogP contribution in [0.2, 0.25) is 0 Å². The summed E-state index contributed by atoms with van der Waals surface area (Å²) in [7, 11) is 0. The summed E-state index contributed by atoms with van der Waals surface area (Å²) in [4.78, 5) is 4.44. The number of aromatic nitrogens is 2. The molecule has 3 aromatic rings. The van der Waals surface area contributed by atoms with Gasteiger partial charge in [-0.25, -0.2) is 4.98 Å². The zero-order valence-electron chi connectivity index (χ0n) is 10.4. The van der Waals surface area contributed by atoms with Crippen molar-refractivity contribution < 1.29 is 0 Å². The van der Waals surface area contributed by atoms with E-state index in [4.69, 9.17) is 0 Å². The van der Waals surface area contributed by atoms with Gasteiger partial charge >= 0.3 is 0 Å². The van der Waals surface area contributed by atoms with Crippen molar-refractivity contribution >= 4 is 22.5 Å². The Hall–Kier alpha value is -1.74. The van der Waals surface area contributed by atoms with Crippen LogP contribution in [0.3, 0.4) is 0 Å². The fourth-order valence-corrected chi connectivity index (χ4v) is 2.84. The van der Waals surface area contributed by atoms with Gasteiger partial charge in [0, 0.05) is 17.3 Å². The third kappa shape index (κ3) is 1.71. The summed E-state index contributed by atoms with van der Waals surface area (Å²) in [6.45, 7) is 2.09. The SMILES string of the molecule is CSc1ncc(C)n1-c1cccc2ccccc12. The Morgan fingerprint density at radius 2 is 1.83 bits per heavy atom. The van der Waals surface area contributed by atoms with Crippen molar-refractivity contribution in [2.75, 3.05) is 6.26 Å². The first-order chi connectivity index (χ1) is 8.81. The largest absolute Gasteiger partial charge is 0.292 e. The van der Waals surface area contributed by atoms with Crippen molar-refractivity contribution in [2.24, 2.45) is 0 Å². The van der Waals surface area contributed by atoms with Crippen LogP contribution in [-0.4, -0.2) is 15.8 Å². The summed E-state index contributed by atoms with van der Waals surface area (Å²) in [5.74, 6) is 0. The number of rotatable bonds is 2. The molecule has 0 fully saturated rings. The van der Waals surface area contributed by atoms with Crippen molar-refractivity contribution in [3.05, 3.63) is 54.4 Å². The second kappa shape index (κ2) is 4.50. The number of nitrogens with zero attached hydrogens (tertiary/aromatic N) is 2. The molecule has 2 nitrogen and oxygen atoms in total. The van der Waals surface area contributed by atoms with Crippen molar-refractivity contribution in [3.8, 4) is 5.69 Å². The van der Waals surface area contributed by atoms with Crippen molar-refractivity contribution in [2.45, 2.75) is 12.1 Å². The molecular weight excluding hydrogens is 240 g/mol. The molecule has 0 aliphatic carbocycles. The number of benzene rings is 2. The molecule has 1 heterocycles. The highest BCUT2D eigenvalue weighted by molar-refractivity contribution is 7.98. The van der Waals surface area contributed by atoms with Gasteiger partial charge in [0.05, 0.1) is 5.69 Å². The van der Waals surface area contributed by atoms with Crippen LogP contribution in [0, 0.1) is 6.92 Å². The Balaban J connectivity index is 2.35. The average molecular weight is 254 g/mol. The molecule has 0 bridgehead atoms. The molecule has 0 unspecified atom stereocenters. The van der Waals surface area contributed by atoms with E-state index >= 15 is 0 Å². The molecule has 0 spiro atoms. The molecule has 1 aromatic heterocycles. The first kappa shape index (κ1) is 11.4. The van der Waals surface area contributed by atoms with Crippen molar-refractivity contribution in [1.82, 2.24) is 9.55 Å². The van der Waals surface area contributed by atoms with E-state index in [1.54, 1.807) is 11.8 Å². The van der Waals surface area contributed by atoms with Crippen LogP contribution in [-0.2, 0) is 0 Å². The number of aryl methyl sites for hydroxylation is 1. The average Bonchev–Trinajstić information content (AvgIpc) is 2.79. The van der Waals surface area contributed by atoms with Gasteiger partial charge in [-0.15, -0.1) is 0 Å². The lowest BCUT2D eigenvalue weighted by Gasteiger charge is -2.11. The molecule has 3 rings (SSSR count). The van der Waals surface area contributed by atoms with Crippen LogP contribution >= 0.6 is 11.8 Å². The molecule has 0 radical (unpaired) electrons. The first-order valence-electron chi connectivity index (χ1n) is 5.88. The minimum absolute atomic E-state index is 1.03. The lowest BCUT2D eigenvalue weighted by molar-refractivity contribution is 0.878. The van der Waals surface area contributed by atoms with E-state index in [1.165, 1.54) is 16.5 Å². The third-order valence-corrected chi connectivity index (χ3v) is 3.75. The van der Waals surface area contributed by atoms with E-state index in [1.807, 2.05) is 6.20 Å². The van der Waals surface area contributed by atoms with Gasteiger partial charge in [-0.1, -0.05) is 48.2 Å². The maximum Gasteiger partial charge on any atom is 0.172 e. The van der Waals surface area contributed by atoms with E-state index < -0.39 is 0 Å². The molecule has 0 aliphatic rings. The van der Waals surface area contributed by atoms with Gasteiger partial charge in [0.25, 0.3) is 0 Å². The Kier molecular flexibility index (Phi) is 2.84. The molecule has 0 saturated carbocycles. The fourth-order valence-electron chi connectivity index (χ4n) is 2.26. The summed E-state index contributed by atoms with van der Waals surface area (Å²) in [6.07, 6.45) is 3.98. The van der Waals surface area contributed by atoms with E-state index in [9.17, 15) is 0 Å². The van der Waals surface area contributed by atoms with Gasteiger partial charge in [0.1, 0.15) is 0 Å². The number of hydrogen-bond donors (Lipinski definition) is 0. The third-order valence-electron chi connectivity index (χ3n) is 3.10. The van der Waals surface area contributed by atoms with Crippen LogP contribution in [0.15, 0.2) is 53.8 Å². The summed E-state index contributed by atoms with van der Waals surface area (Å²) in [5.41, 5.74) is 2.36. The van der Waals surface area contributed by atoms with Gasteiger partial charge in [0.2, 0.25) is 0 Å². The standard InChI is InChI=1S/C15H14N2S/c1-11-10-16-15(18-2)17(11)14-9-5-7-12-6-3-4-8-13(12)14/h3-10H,1-2H3. The topological polar surface area (TPSA) is 17.8 Å². The number of imidazole rings is 1. The van der Waals surface area contributed by atoms with Crippen LogP contribution < -0.4 is 0 Å². The summed E-state index contributed by atoms with van der Waals surface area (Å²) < 4.78 is 2.22. The van der Waals surface area contributed by atoms with Gasteiger partial charge < -0.3 is 0 Å². The zero-order valence-corrected chi connectivity index (χ0v) is 11.2. The molecule has 0 N–H and O–H groups in total. The molecule has 0 atom stereocenters. The second-order valence-corrected chi connectivity index (χ2v) is 4.99. The molecule has 18 heavy (non-hydrogen) atoms. The van der Waals surface area contributed by atoms with Gasteiger partial charge in [-0.2, -0.15) is 0 Å². The van der Waals surface area contributed by atoms with E-state index in [2.05, 4.69) is 65.2 Å². The zero-order chi connectivity index (χ0) is 12.5. The lowest BCUT2D eigenvalue weighted by Crippen LogP contribution is -1.99. The van der Waals surface area contributed by atoms with Gasteiger partial charge in [0.15, 0.2) is 5.16 Å². The molecule has 0 saturated heterocycles. The lowest BCUT2D eigenvalue weighted by atomic mass is 10.1. The molecule has 3 heteroatoms. The maximum absolute atomic E-state index is 4.44.